The first-order valence-electron chi connectivity index (χ1n) is 9.95. The summed E-state index contributed by atoms with van der Waals surface area (Å²) in [6, 6.07) is 2.95. The number of rotatable bonds is 2. The van der Waals surface area contributed by atoms with Crippen LogP contribution in [0.1, 0.15) is 15.9 Å². The summed E-state index contributed by atoms with van der Waals surface area (Å²) in [4.78, 5) is 39.7. The number of carbonyl (C=O) groups is 3. The Morgan fingerprint density at radius 3 is 2.31 bits per heavy atom. The zero-order valence-electron chi connectivity index (χ0n) is 17.4. The molecule has 3 aliphatic rings. The number of Topliss-reactive ketones (excluding diaryl/α,β-unsaturated/α-hetero) is 2. The van der Waals surface area contributed by atoms with E-state index in [4.69, 9.17) is 5.73 Å². The standard InChI is InChI=1S/C22H24N2O8/c1-7-8-5-4-6-9(25)11(8)16(26)12-10(7)17(27)14-15(24(2)3)18(28)13(21(23)31)20(30)22(14,32)19(12)29/h4-6,10,12,14-15,17,19,25,27,29-30,32H,1H2,2-3H3,(H2,23,31)/t10?,12?,14?,15-,17-,19?,22-/m0/s1. The van der Waals surface area contributed by atoms with E-state index in [1.807, 2.05) is 0 Å². The fraction of sp³-hybridized carbons (Fsp3) is 0.409. The number of benzene rings is 1. The van der Waals surface area contributed by atoms with E-state index < -0.39 is 70.4 Å². The Labute approximate surface area is 182 Å². The molecule has 0 aromatic heterocycles. The van der Waals surface area contributed by atoms with Gasteiger partial charge in [-0.1, -0.05) is 18.7 Å². The van der Waals surface area contributed by atoms with Gasteiger partial charge in [0.1, 0.15) is 23.2 Å². The second-order valence-corrected chi connectivity index (χ2v) is 8.79. The van der Waals surface area contributed by atoms with Gasteiger partial charge in [0.25, 0.3) is 5.91 Å². The molecule has 1 saturated carbocycles. The molecule has 1 aromatic rings. The maximum atomic E-state index is 13.3. The van der Waals surface area contributed by atoms with Crippen molar-refractivity contribution in [1.82, 2.24) is 4.90 Å². The van der Waals surface area contributed by atoms with Crippen molar-refractivity contribution in [1.29, 1.82) is 0 Å². The zero-order valence-corrected chi connectivity index (χ0v) is 17.4. The number of hydrogen-bond acceptors (Lipinski definition) is 9. The van der Waals surface area contributed by atoms with Crippen LogP contribution in [0.15, 0.2) is 36.1 Å². The number of primary amides is 1. The summed E-state index contributed by atoms with van der Waals surface area (Å²) < 4.78 is 0. The number of hydrogen-bond donors (Lipinski definition) is 6. The van der Waals surface area contributed by atoms with Gasteiger partial charge in [-0.2, -0.15) is 0 Å². The number of carbonyl (C=O) groups excluding carboxylic acids is 3. The highest BCUT2D eigenvalue weighted by Crippen LogP contribution is 2.56. The van der Waals surface area contributed by atoms with E-state index in [-0.39, 0.29) is 22.4 Å². The third-order valence-corrected chi connectivity index (χ3v) is 7.04. The number of nitrogens with zero attached hydrogens (tertiary/aromatic N) is 1. The molecule has 32 heavy (non-hydrogen) atoms. The molecule has 1 amide bonds. The van der Waals surface area contributed by atoms with Crippen LogP contribution in [-0.4, -0.2) is 85.9 Å². The van der Waals surface area contributed by atoms with Crippen molar-refractivity contribution in [2.24, 2.45) is 23.5 Å². The highest BCUT2D eigenvalue weighted by molar-refractivity contribution is 6.22. The Bertz CT molecular complexity index is 1110. The smallest absolute Gasteiger partial charge is 0.255 e. The molecule has 170 valence electrons. The van der Waals surface area contributed by atoms with Crippen LogP contribution in [0, 0.1) is 17.8 Å². The van der Waals surface area contributed by atoms with Crippen molar-refractivity contribution >= 4 is 23.0 Å². The molecule has 0 bridgehead atoms. The molecule has 10 heteroatoms. The van der Waals surface area contributed by atoms with Gasteiger partial charge in [-0.05, 0) is 31.3 Å². The number of aliphatic hydroxyl groups is 4. The van der Waals surface area contributed by atoms with E-state index in [2.05, 4.69) is 6.58 Å². The molecule has 0 heterocycles. The summed E-state index contributed by atoms with van der Waals surface area (Å²) in [6.45, 7) is 3.95. The third kappa shape index (κ3) is 2.51. The maximum absolute atomic E-state index is 13.3. The highest BCUT2D eigenvalue weighted by atomic mass is 16.4. The van der Waals surface area contributed by atoms with Crippen LogP contribution in [-0.2, 0) is 9.59 Å². The number of ketones is 2. The fourth-order valence-electron chi connectivity index (χ4n) is 5.65. The van der Waals surface area contributed by atoms with Gasteiger partial charge >= 0.3 is 0 Å². The minimum atomic E-state index is -2.74. The molecular weight excluding hydrogens is 420 g/mol. The first kappa shape index (κ1) is 22.2. The van der Waals surface area contributed by atoms with Crippen molar-refractivity contribution < 1.29 is 39.9 Å². The van der Waals surface area contributed by atoms with Crippen LogP contribution in [0.2, 0.25) is 0 Å². The number of phenolic OH excluding ortho intramolecular Hbond substituents is 1. The Morgan fingerprint density at radius 1 is 1.12 bits per heavy atom. The van der Waals surface area contributed by atoms with Gasteiger partial charge in [-0.25, -0.2) is 0 Å². The van der Waals surface area contributed by atoms with Crippen molar-refractivity contribution in [2.75, 3.05) is 14.1 Å². The molecule has 7 N–H and O–H groups in total. The van der Waals surface area contributed by atoms with E-state index in [1.165, 1.54) is 37.2 Å². The van der Waals surface area contributed by atoms with E-state index in [1.54, 1.807) is 0 Å². The minimum Gasteiger partial charge on any atom is -0.508 e. The van der Waals surface area contributed by atoms with Crippen LogP contribution in [0.4, 0.5) is 0 Å². The number of amides is 1. The number of aromatic hydroxyl groups is 1. The lowest BCUT2D eigenvalue weighted by Gasteiger charge is -2.57. The van der Waals surface area contributed by atoms with Gasteiger partial charge in [-0.3, -0.25) is 19.3 Å². The highest BCUT2D eigenvalue weighted by Gasteiger charge is 2.69. The Hall–Kier alpha value is -3.05. The summed E-state index contributed by atoms with van der Waals surface area (Å²) in [5, 5.41) is 55.2. The lowest BCUT2D eigenvalue weighted by Crippen LogP contribution is -2.73. The summed E-state index contributed by atoms with van der Waals surface area (Å²) in [6.07, 6.45) is -3.68. The van der Waals surface area contributed by atoms with Crippen molar-refractivity contribution in [3.05, 3.63) is 47.2 Å². The van der Waals surface area contributed by atoms with Gasteiger partial charge in [0.05, 0.1) is 23.6 Å². The largest absolute Gasteiger partial charge is 0.508 e. The molecular formula is C22H24N2O8. The Morgan fingerprint density at radius 2 is 1.75 bits per heavy atom. The third-order valence-electron chi connectivity index (χ3n) is 7.04. The van der Waals surface area contributed by atoms with E-state index in [0.717, 1.165) is 0 Å². The van der Waals surface area contributed by atoms with Gasteiger partial charge in [0.15, 0.2) is 17.2 Å². The number of fused-ring (bicyclic) bond motifs is 3. The molecule has 10 nitrogen and oxygen atoms in total. The predicted octanol–water partition coefficient (Wildman–Crippen LogP) is -1.27. The Kier molecular flexibility index (Phi) is 4.83. The molecule has 0 radical (unpaired) electrons. The lowest BCUT2D eigenvalue weighted by molar-refractivity contribution is -0.211. The second-order valence-electron chi connectivity index (χ2n) is 8.79. The molecule has 0 spiro atoms. The van der Waals surface area contributed by atoms with Gasteiger partial charge in [0.2, 0.25) is 0 Å². The van der Waals surface area contributed by atoms with Crippen LogP contribution >= 0.6 is 0 Å². The van der Waals surface area contributed by atoms with Gasteiger partial charge in [0, 0.05) is 11.8 Å². The molecule has 3 aliphatic carbocycles. The summed E-state index contributed by atoms with van der Waals surface area (Å²) in [5.74, 6) is -8.76. The van der Waals surface area contributed by atoms with Gasteiger partial charge < -0.3 is 31.3 Å². The average molecular weight is 444 g/mol. The zero-order chi connectivity index (χ0) is 23.9. The SMILES string of the molecule is C=C1c2cccc(O)c2C(=O)C2C1[C@H](O)C1[C@H](N(C)C)C(=O)C(C(N)=O)=C(O)[C@@]1(O)C2O. The maximum Gasteiger partial charge on any atom is 0.255 e. The first-order chi connectivity index (χ1) is 14.9. The Balaban J connectivity index is 2.01. The van der Waals surface area contributed by atoms with Crippen LogP contribution < -0.4 is 5.73 Å². The average Bonchev–Trinajstić information content (AvgIpc) is 2.70. The summed E-state index contributed by atoms with van der Waals surface area (Å²) in [5.41, 5.74) is 1.98. The number of phenols is 1. The van der Waals surface area contributed by atoms with Crippen LogP contribution in [0.5, 0.6) is 5.75 Å². The fourth-order valence-corrected chi connectivity index (χ4v) is 5.65. The van der Waals surface area contributed by atoms with E-state index in [0.29, 0.717) is 0 Å². The van der Waals surface area contributed by atoms with E-state index >= 15 is 0 Å². The van der Waals surface area contributed by atoms with Crippen LogP contribution in [0.3, 0.4) is 0 Å². The monoisotopic (exact) mass is 444 g/mol. The normalized spacial score (nSPS) is 36.6. The second kappa shape index (κ2) is 6.97. The topological polar surface area (TPSA) is 182 Å². The molecule has 0 aliphatic heterocycles. The number of nitrogens with two attached hydrogens (primary N) is 1. The van der Waals surface area contributed by atoms with Crippen molar-refractivity contribution in [2.45, 2.75) is 23.9 Å². The quantitative estimate of drug-likeness (QED) is 0.303. The van der Waals surface area contributed by atoms with Gasteiger partial charge in [-0.15, -0.1) is 0 Å². The van der Waals surface area contributed by atoms with Crippen molar-refractivity contribution in [3.63, 3.8) is 0 Å². The predicted molar refractivity (Wildman–Crippen MR) is 110 cm³/mol. The van der Waals surface area contributed by atoms with Crippen molar-refractivity contribution in [3.8, 4) is 5.75 Å². The summed E-state index contributed by atoms with van der Waals surface area (Å²) in [7, 11) is 2.92. The lowest BCUT2D eigenvalue weighted by atomic mass is 9.51. The molecule has 4 unspecified atom stereocenters. The minimum absolute atomic E-state index is 0.137. The molecule has 0 saturated heterocycles. The van der Waals surface area contributed by atoms with E-state index in [9.17, 15) is 39.9 Å². The molecule has 4 rings (SSSR count). The molecule has 7 atom stereocenters. The molecule has 1 fully saturated rings. The molecule has 1 aromatic carbocycles. The summed E-state index contributed by atoms with van der Waals surface area (Å²) >= 11 is 0. The number of aliphatic hydroxyl groups excluding tert-OH is 3. The first-order valence-corrected chi connectivity index (χ1v) is 9.95. The number of likely N-dealkylation sites (N-methyl/N-ethyl adjacent to an activating group) is 1. The van der Waals surface area contributed by atoms with Crippen LogP contribution in [0.25, 0.3) is 5.57 Å².